The average molecular weight is 429 g/mol. The van der Waals surface area contributed by atoms with Gasteiger partial charge in [-0.2, -0.15) is 13.2 Å². The van der Waals surface area contributed by atoms with Gasteiger partial charge in [-0.15, -0.1) is 11.3 Å². The Kier molecular flexibility index (Phi) is 4.81. The van der Waals surface area contributed by atoms with Crippen LogP contribution in [0.25, 0.3) is 0 Å². The van der Waals surface area contributed by atoms with Gasteiger partial charge in [0.25, 0.3) is 0 Å². The Morgan fingerprint density at radius 1 is 1.20 bits per heavy atom. The standard InChI is InChI=1S/C13H10Br2F3NS/c1-7-2-3-8(13(16,17)18)4-11(7)19-6-9-5-10(14)12(15)20-9/h2-5,19H,6H2,1H3. The lowest BCUT2D eigenvalue weighted by atomic mass is 10.1. The summed E-state index contributed by atoms with van der Waals surface area (Å²) in [7, 11) is 0. The zero-order valence-corrected chi connectivity index (χ0v) is 14.3. The highest BCUT2D eigenvalue weighted by Crippen LogP contribution is 2.34. The normalized spacial score (nSPS) is 11.7. The molecule has 108 valence electrons. The quantitative estimate of drug-likeness (QED) is 0.612. The third kappa shape index (κ3) is 3.77. The van der Waals surface area contributed by atoms with Crippen molar-refractivity contribution >= 4 is 48.9 Å². The fourth-order valence-corrected chi connectivity index (χ4v) is 3.77. The van der Waals surface area contributed by atoms with Crippen LogP contribution in [0.5, 0.6) is 0 Å². The number of halogens is 5. The van der Waals surface area contributed by atoms with Gasteiger partial charge in [-0.1, -0.05) is 6.07 Å². The number of hydrogen-bond donors (Lipinski definition) is 1. The largest absolute Gasteiger partial charge is 0.416 e. The van der Waals surface area contributed by atoms with Crippen molar-refractivity contribution in [3.05, 3.63) is 48.5 Å². The first kappa shape index (κ1) is 15.9. The van der Waals surface area contributed by atoms with E-state index < -0.39 is 11.7 Å². The first-order valence-corrected chi connectivity index (χ1v) is 8.03. The minimum atomic E-state index is -4.32. The van der Waals surface area contributed by atoms with E-state index in [2.05, 4.69) is 37.2 Å². The van der Waals surface area contributed by atoms with Crippen molar-refractivity contribution < 1.29 is 13.2 Å². The Balaban J connectivity index is 2.16. The maximum Gasteiger partial charge on any atom is 0.416 e. The first-order chi connectivity index (χ1) is 9.27. The monoisotopic (exact) mass is 427 g/mol. The highest BCUT2D eigenvalue weighted by molar-refractivity contribution is 9.13. The predicted molar refractivity (Wildman–Crippen MR) is 83.2 cm³/mol. The van der Waals surface area contributed by atoms with Gasteiger partial charge >= 0.3 is 6.18 Å². The van der Waals surface area contributed by atoms with Crippen molar-refractivity contribution in [1.82, 2.24) is 0 Å². The van der Waals surface area contributed by atoms with E-state index >= 15 is 0 Å². The smallest absolute Gasteiger partial charge is 0.380 e. The molecule has 1 N–H and O–H groups in total. The molecule has 1 aromatic carbocycles. The fraction of sp³-hybridized carbons (Fsp3) is 0.231. The summed E-state index contributed by atoms with van der Waals surface area (Å²) in [4.78, 5) is 1.03. The average Bonchev–Trinajstić information content (AvgIpc) is 2.66. The van der Waals surface area contributed by atoms with Crippen LogP contribution < -0.4 is 5.32 Å². The molecule has 0 spiro atoms. The molecule has 2 rings (SSSR count). The third-order valence-electron chi connectivity index (χ3n) is 2.71. The van der Waals surface area contributed by atoms with Crippen LogP contribution in [-0.4, -0.2) is 0 Å². The van der Waals surface area contributed by atoms with E-state index in [-0.39, 0.29) is 0 Å². The SMILES string of the molecule is Cc1ccc(C(F)(F)F)cc1NCc1cc(Br)c(Br)s1. The van der Waals surface area contributed by atoms with Gasteiger partial charge in [0, 0.05) is 21.6 Å². The van der Waals surface area contributed by atoms with Crippen molar-refractivity contribution in [2.24, 2.45) is 0 Å². The minimum absolute atomic E-state index is 0.483. The topological polar surface area (TPSA) is 12.0 Å². The Labute approximate surface area is 135 Å². The molecule has 7 heteroatoms. The number of aryl methyl sites for hydroxylation is 1. The Hall–Kier alpha value is -0.530. The summed E-state index contributed by atoms with van der Waals surface area (Å²) in [5.41, 5.74) is 0.646. The van der Waals surface area contributed by atoms with Crippen LogP contribution in [0.1, 0.15) is 16.0 Å². The first-order valence-electron chi connectivity index (χ1n) is 5.63. The zero-order chi connectivity index (χ0) is 14.9. The second-order valence-corrected chi connectivity index (χ2v) is 7.52. The van der Waals surface area contributed by atoms with Crippen LogP contribution in [0.3, 0.4) is 0 Å². The number of hydrogen-bond acceptors (Lipinski definition) is 2. The van der Waals surface area contributed by atoms with Crippen molar-refractivity contribution in [3.8, 4) is 0 Å². The molecule has 0 aliphatic carbocycles. The van der Waals surface area contributed by atoms with Gasteiger partial charge in [0.1, 0.15) is 0 Å². The van der Waals surface area contributed by atoms with Crippen LogP contribution in [0.15, 0.2) is 32.5 Å². The lowest BCUT2D eigenvalue weighted by molar-refractivity contribution is -0.137. The van der Waals surface area contributed by atoms with Crippen molar-refractivity contribution in [2.45, 2.75) is 19.6 Å². The van der Waals surface area contributed by atoms with Crippen LogP contribution in [0.2, 0.25) is 0 Å². The summed E-state index contributed by atoms with van der Waals surface area (Å²) in [5.74, 6) is 0. The second-order valence-electron chi connectivity index (χ2n) is 4.22. The lowest BCUT2D eigenvalue weighted by Gasteiger charge is -2.12. The molecule has 0 atom stereocenters. The summed E-state index contributed by atoms with van der Waals surface area (Å²) in [6, 6.07) is 5.65. The zero-order valence-electron chi connectivity index (χ0n) is 10.3. The number of anilines is 1. The Morgan fingerprint density at radius 3 is 2.45 bits per heavy atom. The van der Waals surface area contributed by atoms with Crippen LogP contribution >= 0.6 is 43.2 Å². The van der Waals surface area contributed by atoms with Gasteiger partial charge in [0.2, 0.25) is 0 Å². The summed E-state index contributed by atoms with van der Waals surface area (Å²) in [6.45, 7) is 2.26. The molecule has 0 aliphatic heterocycles. The summed E-state index contributed by atoms with van der Waals surface area (Å²) in [5, 5.41) is 3.05. The molecule has 0 aliphatic rings. The second kappa shape index (κ2) is 6.07. The van der Waals surface area contributed by atoms with Crippen molar-refractivity contribution in [2.75, 3.05) is 5.32 Å². The van der Waals surface area contributed by atoms with Gasteiger partial charge in [-0.3, -0.25) is 0 Å². The van der Waals surface area contributed by atoms with E-state index in [0.29, 0.717) is 12.2 Å². The third-order valence-corrected chi connectivity index (χ3v) is 5.97. The number of rotatable bonds is 3. The van der Waals surface area contributed by atoms with E-state index in [1.165, 1.54) is 17.4 Å². The van der Waals surface area contributed by atoms with Gasteiger partial charge < -0.3 is 5.32 Å². The maximum atomic E-state index is 12.7. The summed E-state index contributed by atoms with van der Waals surface area (Å²) >= 11 is 8.31. The summed E-state index contributed by atoms with van der Waals surface area (Å²) < 4.78 is 40.0. The number of alkyl halides is 3. The van der Waals surface area contributed by atoms with E-state index in [9.17, 15) is 13.2 Å². The maximum absolute atomic E-state index is 12.7. The van der Waals surface area contributed by atoms with Crippen LogP contribution in [-0.2, 0) is 12.7 Å². The van der Waals surface area contributed by atoms with Gasteiger partial charge in [-0.25, -0.2) is 0 Å². The van der Waals surface area contributed by atoms with Crippen molar-refractivity contribution in [3.63, 3.8) is 0 Å². The Morgan fingerprint density at radius 2 is 1.90 bits per heavy atom. The molecule has 1 nitrogen and oxygen atoms in total. The molecule has 0 unspecified atom stereocenters. The summed E-state index contributed by atoms with van der Waals surface area (Å²) in [6.07, 6.45) is -4.32. The minimum Gasteiger partial charge on any atom is -0.380 e. The van der Waals surface area contributed by atoms with Gasteiger partial charge in [0.05, 0.1) is 9.35 Å². The predicted octanol–water partition coefficient (Wildman–Crippen LogP) is 6.21. The molecule has 20 heavy (non-hydrogen) atoms. The highest BCUT2D eigenvalue weighted by atomic mass is 79.9. The molecule has 0 amide bonds. The molecule has 1 aromatic heterocycles. The van der Waals surface area contributed by atoms with E-state index in [1.807, 2.05) is 6.07 Å². The van der Waals surface area contributed by atoms with Crippen LogP contribution in [0, 0.1) is 6.92 Å². The highest BCUT2D eigenvalue weighted by Gasteiger charge is 2.30. The molecule has 2 aromatic rings. The van der Waals surface area contributed by atoms with Crippen LogP contribution in [0.4, 0.5) is 18.9 Å². The fourth-order valence-electron chi connectivity index (χ4n) is 1.65. The number of thiophene rings is 1. The molecule has 0 bridgehead atoms. The number of nitrogens with one attached hydrogen (secondary N) is 1. The molecule has 1 heterocycles. The molecule has 0 fully saturated rings. The van der Waals surface area contributed by atoms with E-state index in [0.717, 1.165) is 30.8 Å². The van der Waals surface area contributed by atoms with Gasteiger partial charge in [-0.05, 0) is 62.5 Å². The molecule has 0 radical (unpaired) electrons. The number of benzene rings is 1. The van der Waals surface area contributed by atoms with E-state index in [1.54, 1.807) is 6.92 Å². The lowest BCUT2D eigenvalue weighted by Crippen LogP contribution is -2.07. The van der Waals surface area contributed by atoms with Crippen molar-refractivity contribution in [1.29, 1.82) is 0 Å². The molecule has 0 saturated carbocycles. The molecular formula is C13H10Br2F3NS. The Bertz CT molecular complexity index is 603. The van der Waals surface area contributed by atoms with E-state index in [4.69, 9.17) is 0 Å². The van der Waals surface area contributed by atoms with Gasteiger partial charge in [0.15, 0.2) is 0 Å². The molecular weight excluding hydrogens is 419 g/mol. The molecule has 0 saturated heterocycles.